The summed E-state index contributed by atoms with van der Waals surface area (Å²) in [5.74, 6) is 0.758. The second-order valence-electron chi connectivity index (χ2n) is 9.10. The van der Waals surface area contributed by atoms with Gasteiger partial charge in [-0.05, 0) is 99.0 Å². The minimum atomic E-state index is -4.30. The van der Waals surface area contributed by atoms with E-state index in [2.05, 4.69) is 12.1 Å². The molecule has 1 aliphatic rings. The minimum Gasteiger partial charge on any atom is -0.476 e. The number of esters is 1. The van der Waals surface area contributed by atoms with Crippen LogP contribution in [-0.2, 0) is 14.3 Å². The third-order valence-corrected chi connectivity index (χ3v) is 6.70. The predicted octanol–water partition coefficient (Wildman–Crippen LogP) is 7.13. The van der Waals surface area contributed by atoms with Gasteiger partial charge in [0.2, 0.25) is 0 Å². The number of carbonyl (C=O) groups excluding carboxylic acids is 1. The monoisotopic (exact) mass is 496 g/mol. The Morgan fingerprint density at radius 3 is 2.21 bits per heavy atom. The summed E-state index contributed by atoms with van der Waals surface area (Å²) in [5, 5.41) is 0. The Morgan fingerprint density at radius 2 is 1.71 bits per heavy atom. The lowest BCUT2D eigenvalue weighted by Gasteiger charge is -2.26. The highest BCUT2D eigenvalue weighted by atomic mass is 32.2. The minimum absolute atomic E-state index is 0.119. The van der Waals surface area contributed by atoms with Gasteiger partial charge in [0.05, 0.1) is 12.7 Å². The van der Waals surface area contributed by atoms with E-state index in [1.807, 2.05) is 13.8 Å². The van der Waals surface area contributed by atoms with Gasteiger partial charge in [-0.2, -0.15) is 13.2 Å². The van der Waals surface area contributed by atoms with Gasteiger partial charge >= 0.3 is 11.5 Å². The van der Waals surface area contributed by atoms with Gasteiger partial charge in [-0.3, -0.25) is 0 Å². The van der Waals surface area contributed by atoms with Gasteiger partial charge in [-0.15, -0.1) is 0 Å². The van der Waals surface area contributed by atoms with E-state index in [9.17, 15) is 18.0 Å². The number of hydrogen-bond donors (Lipinski definition) is 0. The van der Waals surface area contributed by atoms with Gasteiger partial charge in [0.1, 0.15) is 5.75 Å². The van der Waals surface area contributed by atoms with Crippen LogP contribution < -0.4 is 4.74 Å². The molecule has 3 rings (SSSR count). The normalized spacial score (nSPS) is 19.0. The fourth-order valence-electron chi connectivity index (χ4n) is 4.31. The van der Waals surface area contributed by atoms with Gasteiger partial charge < -0.3 is 14.2 Å². The van der Waals surface area contributed by atoms with E-state index in [0.29, 0.717) is 5.75 Å². The quantitative estimate of drug-likeness (QED) is 0.273. The van der Waals surface area contributed by atoms with Gasteiger partial charge in [-0.1, -0.05) is 24.3 Å². The Kier molecular flexibility index (Phi) is 7.92. The molecule has 3 unspecified atom stereocenters. The second-order valence-corrected chi connectivity index (χ2v) is 10.2. The summed E-state index contributed by atoms with van der Waals surface area (Å²) in [5.41, 5.74) is -1.52. The van der Waals surface area contributed by atoms with Crippen LogP contribution in [0.4, 0.5) is 13.2 Å². The standard InChI is InChI=1S/C26H31F3O4S/c1-7-32-24(30)25(4,5)33-22-15(2)12-18(13-16(22)3)20-14-21(20)23(31-6)17-8-10-19(11-9-17)34-26(27,28)29/h8-13,20-21,23H,7,14H2,1-6H3. The van der Waals surface area contributed by atoms with E-state index in [1.54, 1.807) is 40.0 Å². The van der Waals surface area contributed by atoms with E-state index >= 15 is 0 Å². The lowest BCUT2D eigenvalue weighted by Crippen LogP contribution is -2.40. The summed E-state index contributed by atoms with van der Waals surface area (Å²) in [7, 11) is 1.63. The third kappa shape index (κ3) is 6.27. The first-order valence-electron chi connectivity index (χ1n) is 11.2. The van der Waals surface area contributed by atoms with Crippen molar-refractivity contribution in [1.29, 1.82) is 0 Å². The lowest BCUT2D eigenvalue weighted by molar-refractivity contribution is -0.158. The molecule has 3 atom stereocenters. The number of thioether (sulfide) groups is 1. The summed E-state index contributed by atoms with van der Waals surface area (Å²) < 4.78 is 54.8. The number of rotatable bonds is 9. The molecule has 0 aromatic heterocycles. The molecule has 2 aromatic carbocycles. The van der Waals surface area contributed by atoms with Crippen molar-refractivity contribution in [3.8, 4) is 5.75 Å². The number of alkyl halides is 3. The van der Waals surface area contributed by atoms with Crippen LogP contribution in [0.3, 0.4) is 0 Å². The van der Waals surface area contributed by atoms with Crippen LogP contribution >= 0.6 is 11.8 Å². The van der Waals surface area contributed by atoms with Crippen molar-refractivity contribution in [2.24, 2.45) is 5.92 Å². The Hall–Kier alpha value is -2.19. The second kappa shape index (κ2) is 10.2. The van der Waals surface area contributed by atoms with Crippen LogP contribution in [0.1, 0.15) is 61.5 Å². The Labute approximate surface area is 203 Å². The summed E-state index contributed by atoms with van der Waals surface area (Å²) in [4.78, 5) is 12.4. The first-order valence-corrected chi connectivity index (χ1v) is 12.0. The number of benzene rings is 2. The third-order valence-electron chi connectivity index (χ3n) is 5.96. The smallest absolute Gasteiger partial charge is 0.446 e. The molecular weight excluding hydrogens is 465 g/mol. The average Bonchev–Trinajstić information content (AvgIpc) is 3.52. The zero-order chi connectivity index (χ0) is 25.3. The van der Waals surface area contributed by atoms with Crippen molar-refractivity contribution in [3.63, 3.8) is 0 Å². The van der Waals surface area contributed by atoms with E-state index in [4.69, 9.17) is 14.2 Å². The Bertz CT molecular complexity index is 995. The molecule has 0 heterocycles. The molecule has 8 heteroatoms. The molecule has 1 fully saturated rings. The van der Waals surface area contributed by atoms with Gasteiger partial charge in [0.15, 0.2) is 5.60 Å². The largest absolute Gasteiger partial charge is 0.476 e. The molecule has 34 heavy (non-hydrogen) atoms. The molecule has 4 nitrogen and oxygen atoms in total. The van der Waals surface area contributed by atoms with Crippen LogP contribution in [0.5, 0.6) is 5.75 Å². The van der Waals surface area contributed by atoms with E-state index in [0.717, 1.165) is 28.7 Å². The maximum atomic E-state index is 12.6. The highest BCUT2D eigenvalue weighted by Crippen LogP contribution is 2.56. The van der Waals surface area contributed by atoms with Crippen molar-refractivity contribution >= 4 is 17.7 Å². The summed E-state index contributed by atoms with van der Waals surface area (Å²) in [6, 6.07) is 10.5. The Morgan fingerprint density at radius 1 is 1.12 bits per heavy atom. The van der Waals surface area contributed by atoms with Gasteiger partial charge in [-0.25, -0.2) is 4.79 Å². The zero-order valence-electron chi connectivity index (χ0n) is 20.3. The van der Waals surface area contributed by atoms with Gasteiger partial charge in [0.25, 0.3) is 0 Å². The number of methoxy groups -OCH3 is 1. The predicted molar refractivity (Wildman–Crippen MR) is 126 cm³/mol. The Balaban J connectivity index is 1.74. The molecule has 0 spiro atoms. The number of ether oxygens (including phenoxy) is 3. The lowest BCUT2D eigenvalue weighted by atomic mass is 9.98. The maximum absolute atomic E-state index is 12.6. The number of aryl methyl sites for hydroxylation is 2. The molecular formula is C26H31F3O4S. The van der Waals surface area contributed by atoms with E-state index in [1.165, 1.54) is 12.1 Å². The van der Waals surface area contributed by atoms with Crippen molar-refractivity contribution in [2.75, 3.05) is 13.7 Å². The fourth-order valence-corrected chi connectivity index (χ4v) is 4.85. The van der Waals surface area contributed by atoms with E-state index < -0.39 is 17.1 Å². The summed E-state index contributed by atoms with van der Waals surface area (Å²) >= 11 is -0.119. The molecule has 1 saturated carbocycles. The molecule has 0 aliphatic heterocycles. The SMILES string of the molecule is CCOC(=O)C(C)(C)Oc1c(C)cc(C2CC2C(OC)c2ccc(SC(F)(F)F)cc2)cc1C. The molecule has 1 aliphatic carbocycles. The highest BCUT2D eigenvalue weighted by molar-refractivity contribution is 8.00. The molecule has 0 bridgehead atoms. The first-order chi connectivity index (χ1) is 15.9. The number of carbonyl (C=O) groups is 1. The molecule has 0 saturated heterocycles. The number of halogens is 3. The van der Waals surface area contributed by atoms with Crippen molar-refractivity contribution in [3.05, 3.63) is 58.7 Å². The first kappa shape index (κ1) is 26.4. The average molecular weight is 497 g/mol. The summed E-state index contributed by atoms with van der Waals surface area (Å²) in [6.45, 7) is 9.34. The van der Waals surface area contributed by atoms with Crippen LogP contribution in [0.25, 0.3) is 0 Å². The highest BCUT2D eigenvalue weighted by Gasteiger charge is 2.45. The van der Waals surface area contributed by atoms with Crippen LogP contribution in [-0.4, -0.2) is 30.8 Å². The van der Waals surface area contributed by atoms with Crippen LogP contribution in [0.15, 0.2) is 41.3 Å². The van der Waals surface area contributed by atoms with E-state index in [-0.39, 0.29) is 41.2 Å². The van der Waals surface area contributed by atoms with Crippen LogP contribution in [0, 0.1) is 19.8 Å². The summed E-state index contributed by atoms with van der Waals surface area (Å²) in [6.07, 6.45) is 0.722. The molecule has 0 N–H and O–H groups in total. The zero-order valence-corrected chi connectivity index (χ0v) is 21.1. The molecule has 2 aromatic rings. The van der Waals surface area contributed by atoms with Crippen LogP contribution in [0.2, 0.25) is 0 Å². The fraction of sp³-hybridized carbons (Fsp3) is 0.500. The number of hydrogen-bond acceptors (Lipinski definition) is 5. The molecule has 186 valence electrons. The van der Waals surface area contributed by atoms with Crippen molar-refractivity contribution in [1.82, 2.24) is 0 Å². The topological polar surface area (TPSA) is 44.8 Å². The maximum Gasteiger partial charge on any atom is 0.446 e. The molecule has 0 amide bonds. The van der Waals surface area contributed by atoms with Crippen molar-refractivity contribution < 1.29 is 32.2 Å². The molecule has 0 radical (unpaired) electrons. The van der Waals surface area contributed by atoms with Crippen molar-refractivity contribution in [2.45, 2.75) is 69.1 Å². The van der Waals surface area contributed by atoms with Gasteiger partial charge in [0, 0.05) is 12.0 Å².